The van der Waals surface area contributed by atoms with Gasteiger partial charge in [-0.3, -0.25) is 4.79 Å². The Morgan fingerprint density at radius 3 is 2.38 bits per heavy atom. The fourth-order valence-electron chi connectivity index (χ4n) is 2.40. The fraction of sp³-hybridized carbons (Fsp3) is 0.350. The quantitative estimate of drug-likeness (QED) is 0.660. The van der Waals surface area contributed by atoms with Gasteiger partial charge in [-0.1, -0.05) is 60.7 Å². The van der Waals surface area contributed by atoms with E-state index in [-0.39, 0.29) is 11.9 Å². The molecule has 0 aliphatic carbocycles. The van der Waals surface area contributed by atoms with Gasteiger partial charge >= 0.3 is 0 Å². The van der Waals surface area contributed by atoms with Gasteiger partial charge in [0, 0.05) is 25.6 Å². The Labute approximate surface area is 144 Å². The van der Waals surface area contributed by atoms with Crippen molar-refractivity contribution >= 4 is 5.91 Å². The second kappa shape index (κ2) is 10.6. The van der Waals surface area contributed by atoms with Crippen LogP contribution in [0.5, 0.6) is 0 Å². The summed E-state index contributed by atoms with van der Waals surface area (Å²) >= 11 is 0. The molecule has 0 bridgehead atoms. The van der Waals surface area contributed by atoms with E-state index < -0.39 is 0 Å². The summed E-state index contributed by atoms with van der Waals surface area (Å²) in [6.45, 7) is 1.74. The van der Waals surface area contributed by atoms with E-state index in [4.69, 9.17) is 10.5 Å². The van der Waals surface area contributed by atoms with Crippen LogP contribution in [0.3, 0.4) is 0 Å². The number of hydrogen-bond donors (Lipinski definition) is 2. The van der Waals surface area contributed by atoms with Crippen LogP contribution in [0.4, 0.5) is 0 Å². The van der Waals surface area contributed by atoms with E-state index in [1.807, 2.05) is 48.5 Å². The number of hydrogen-bond acceptors (Lipinski definition) is 3. The molecule has 2 aromatic carbocycles. The lowest BCUT2D eigenvalue weighted by molar-refractivity contribution is -0.121. The Balaban J connectivity index is 1.51. The first-order valence-electron chi connectivity index (χ1n) is 8.44. The molecule has 0 spiro atoms. The Kier molecular flexibility index (Phi) is 8.01. The zero-order valence-electron chi connectivity index (χ0n) is 14.0. The number of nitrogens with one attached hydrogen (secondary N) is 1. The first kappa shape index (κ1) is 18.2. The minimum Gasteiger partial charge on any atom is -0.381 e. The highest BCUT2D eigenvalue weighted by Gasteiger charge is 2.07. The second-order valence-electron chi connectivity index (χ2n) is 5.77. The zero-order valence-corrected chi connectivity index (χ0v) is 14.0. The Morgan fingerprint density at radius 1 is 1.00 bits per heavy atom. The van der Waals surface area contributed by atoms with Crippen molar-refractivity contribution in [2.75, 3.05) is 19.8 Å². The molecule has 0 aliphatic rings. The molecule has 0 heterocycles. The van der Waals surface area contributed by atoms with Crippen molar-refractivity contribution in [1.82, 2.24) is 5.32 Å². The topological polar surface area (TPSA) is 64.3 Å². The molecule has 3 N–H and O–H groups in total. The summed E-state index contributed by atoms with van der Waals surface area (Å²) in [5.74, 6) is 0.0213. The van der Waals surface area contributed by atoms with Crippen molar-refractivity contribution in [3.05, 3.63) is 71.8 Å². The summed E-state index contributed by atoms with van der Waals surface area (Å²) in [6, 6.07) is 19.9. The van der Waals surface area contributed by atoms with E-state index in [1.165, 1.54) is 5.56 Å². The van der Waals surface area contributed by atoms with Crippen LogP contribution in [-0.4, -0.2) is 25.7 Å². The lowest BCUT2D eigenvalue weighted by atomic mass is 10.1. The minimum absolute atomic E-state index is 0.0213. The average molecular weight is 326 g/mol. The maximum Gasteiger partial charge on any atom is 0.220 e. The van der Waals surface area contributed by atoms with E-state index in [9.17, 15) is 4.79 Å². The van der Waals surface area contributed by atoms with Crippen molar-refractivity contribution in [1.29, 1.82) is 0 Å². The van der Waals surface area contributed by atoms with E-state index in [0.717, 1.165) is 18.4 Å². The molecule has 0 saturated heterocycles. The van der Waals surface area contributed by atoms with Gasteiger partial charge in [0.05, 0.1) is 6.61 Å². The number of amides is 1. The molecule has 0 fully saturated rings. The SMILES string of the molecule is NC(CNC(=O)CCCOCCc1ccccc1)c1ccccc1. The van der Waals surface area contributed by atoms with Crippen molar-refractivity contribution < 1.29 is 9.53 Å². The molecule has 0 aliphatic heterocycles. The van der Waals surface area contributed by atoms with Gasteiger partial charge in [-0.25, -0.2) is 0 Å². The number of benzene rings is 2. The number of carbonyl (C=O) groups is 1. The first-order valence-corrected chi connectivity index (χ1v) is 8.44. The third kappa shape index (κ3) is 6.94. The van der Waals surface area contributed by atoms with Crippen LogP contribution in [0.15, 0.2) is 60.7 Å². The highest BCUT2D eigenvalue weighted by molar-refractivity contribution is 5.75. The summed E-state index contributed by atoms with van der Waals surface area (Å²) in [5.41, 5.74) is 8.35. The summed E-state index contributed by atoms with van der Waals surface area (Å²) < 4.78 is 5.58. The molecule has 1 atom stereocenters. The molecule has 4 heteroatoms. The van der Waals surface area contributed by atoms with E-state index in [0.29, 0.717) is 26.2 Å². The lowest BCUT2D eigenvalue weighted by Crippen LogP contribution is -2.31. The maximum absolute atomic E-state index is 11.8. The normalized spacial score (nSPS) is 11.9. The molecular weight excluding hydrogens is 300 g/mol. The minimum atomic E-state index is -0.169. The molecule has 24 heavy (non-hydrogen) atoms. The maximum atomic E-state index is 11.8. The van der Waals surface area contributed by atoms with E-state index in [2.05, 4.69) is 17.4 Å². The highest BCUT2D eigenvalue weighted by Crippen LogP contribution is 2.08. The van der Waals surface area contributed by atoms with Crippen molar-refractivity contribution in [2.24, 2.45) is 5.73 Å². The van der Waals surface area contributed by atoms with Crippen molar-refractivity contribution in [3.63, 3.8) is 0 Å². The van der Waals surface area contributed by atoms with E-state index in [1.54, 1.807) is 0 Å². The molecule has 1 amide bonds. The van der Waals surface area contributed by atoms with Gasteiger partial charge in [0.1, 0.15) is 0 Å². The van der Waals surface area contributed by atoms with E-state index >= 15 is 0 Å². The molecule has 128 valence electrons. The van der Waals surface area contributed by atoms with Crippen LogP contribution in [0.1, 0.15) is 30.0 Å². The Morgan fingerprint density at radius 2 is 1.67 bits per heavy atom. The molecule has 0 radical (unpaired) electrons. The van der Waals surface area contributed by atoms with Crippen molar-refractivity contribution in [2.45, 2.75) is 25.3 Å². The summed E-state index contributed by atoms with van der Waals surface area (Å²) in [6.07, 6.45) is 2.09. The summed E-state index contributed by atoms with van der Waals surface area (Å²) in [4.78, 5) is 11.8. The largest absolute Gasteiger partial charge is 0.381 e. The molecule has 2 rings (SSSR count). The third-order valence-corrected chi connectivity index (χ3v) is 3.82. The van der Waals surface area contributed by atoms with Crippen LogP contribution in [0, 0.1) is 0 Å². The Bertz CT molecular complexity index is 587. The van der Waals surface area contributed by atoms with Crippen molar-refractivity contribution in [3.8, 4) is 0 Å². The summed E-state index contributed by atoms with van der Waals surface area (Å²) in [7, 11) is 0. The number of ether oxygens (including phenoxy) is 1. The van der Waals surface area contributed by atoms with Crippen LogP contribution < -0.4 is 11.1 Å². The molecule has 0 saturated carbocycles. The Hall–Kier alpha value is -2.17. The molecule has 1 unspecified atom stereocenters. The van der Waals surface area contributed by atoms with Crippen LogP contribution >= 0.6 is 0 Å². The number of carbonyl (C=O) groups excluding carboxylic acids is 1. The van der Waals surface area contributed by atoms with Gasteiger partial charge in [0.25, 0.3) is 0 Å². The monoisotopic (exact) mass is 326 g/mol. The first-order chi connectivity index (χ1) is 11.8. The van der Waals surface area contributed by atoms with Gasteiger partial charge in [-0.2, -0.15) is 0 Å². The van der Waals surface area contributed by atoms with Gasteiger partial charge in [0.15, 0.2) is 0 Å². The smallest absolute Gasteiger partial charge is 0.220 e. The van der Waals surface area contributed by atoms with Crippen LogP contribution in [-0.2, 0) is 16.0 Å². The van der Waals surface area contributed by atoms with Gasteiger partial charge < -0.3 is 15.8 Å². The zero-order chi connectivity index (χ0) is 17.0. The lowest BCUT2D eigenvalue weighted by Gasteiger charge is -2.13. The number of rotatable bonds is 10. The second-order valence-corrected chi connectivity index (χ2v) is 5.77. The van der Waals surface area contributed by atoms with Crippen LogP contribution in [0.2, 0.25) is 0 Å². The van der Waals surface area contributed by atoms with Gasteiger partial charge in [-0.05, 0) is 24.0 Å². The summed E-state index contributed by atoms with van der Waals surface area (Å²) in [5, 5.41) is 2.88. The van der Waals surface area contributed by atoms with Gasteiger partial charge in [-0.15, -0.1) is 0 Å². The fourth-order valence-corrected chi connectivity index (χ4v) is 2.40. The molecule has 2 aromatic rings. The molecule has 0 aromatic heterocycles. The van der Waals surface area contributed by atoms with Crippen LogP contribution in [0.25, 0.3) is 0 Å². The predicted molar refractivity (Wildman–Crippen MR) is 96.6 cm³/mol. The highest BCUT2D eigenvalue weighted by atomic mass is 16.5. The third-order valence-electron chi connectivity index (χ3n) is 3.82. The molecular formula is C20H26N2O2. The molecule has 4 nitrogen and oxygen atoms in total. The number of nitrogens with two attached hydrogens (primary N) is 1. The standard InChI is InChI=1S/C20H26N2O2/c21-19(18-10-5-2-6-11-18)16-22-20(23)12-7-14-24-15-13-17-8-3-1-4-9-17/h1-6,8-11,19H,7,12-16,21H2,(H,22,23). The average Bonchev–Trinajstić information content (AvgIpc) is 2.64. The van der Waals surface area contributed by atoms with Gasteiger partial charge in [0.2, 0.25) is 5.91 Å². The predicted octanol–water partition coefficient (Wildman–Crippen LogP) is 2.84.